The van der Waals surface area contributed by atoms with Crippen molar-refractivity contribution in [1.82, 2.24) is 30.4 Å². The van der Waals surface area contributed by atoms with E-state index in [2.05, 4.69) is 104 Å². The summed E-state index contributed by atoms with van der Waals surface area (Å²) < 4.78 is 0. The van der Waals surface area contributed by atoms with Crippen LogP contribution in [0.15, 0.2) is 96.0 Å². The van der Waals surface area contributed by atoms with Crippen molar-refractivity contribution in [1.29, 1.82) is 0 Å². The van der Waals surface area contributed by atoms with Gasteiger partial charge in [-0.1, -0.05) is 12.1 Å². The lowest BCUT2D eigenvalue weighted by Gasteiger charge is -2.01. The molecule has 0 saturated carbocycles. The number of hydrogen-bond donors (Lipinski definition) is 0. The van der Waals surface area contributed by atoms with Crippen LogP contribution in [0.2, 0.25) is 0 Å². The van der Waals surface area contributed by atoms with E-state index >= 15 is 0 Å². The van der Waals surface area contributed by atoms with Crippen molar-refractivity contribution >= 4 is 68.0 Å². The molecule has 0 N–H and O–H groups in total. The molecule has 8 aromatic heterocycles. The Hall–Kier alpha value is -3.78. The monoisotopic (exact) mass is 652 g/mol. The predicted octanol–water partition coefficient (Wildman–Crippen LogP) is 10.1. The third-order valence-electron chi connectivity index (χ3n) is 6.26. The summed E-state index contributed by atoms with van der Waals surface area (Å²) >= 11 is 10.5. The standard InChI is InChI=1S/C30H16N6S6/c1-3-21(37-13-1)23-9-11-27(41-23)25-7-5-19(39-25)17-15-31-35-29(33-17)30-34-18(16-32-36-30)20-6-8-26(40-20)28-12-10-24(42-28)22-4-2-14-38-22/h1-16H. The van der Waals surface area contributed by atoms with Crippen molar-refractivity contribution in [2.75, 3.05) is 0 Å². The van der Waals surface area contributed by atoms with Gasteiger partial charge in [-0.05, 0) is 71.4 Å². The Kier molecular flexibility index (Phi) is 6.86. The second-order valence-corrected chi connectivity index (χ2v) is 15.2. The highest BCUT2D eigenvalue weighted by Crippen LogP contribution is 2.42. The van der Waals surface area contributed by atoms with E-state index in [0.29, 0.717) is 11.6 Å². The van der Waals surface area contributed by atoms with E-state index in [0.717, 1.165) is 21.1 Å². The first-order chi connectivity index (χ1) is 20.8. The molecule has 0 saturated heterocycles. The van der Waals surface area contributed by atoms with E-state index in [1.807, 2.05) is 0 Å². The molecule has 0 aliphatic carbocycles. The van der Waals surface area contributed by atoms with Crippen LogP contribution < -0.4 is 0 Å². The van der Waals surface area contributed by atoms with Crippen LogP contribution in [0, 0.1) is 0 Å². The third-order valence-corrected chi connectivity index (χ3v) is 13.2. The molecule has 0 aliphatic rings. The van der Waals surface area contributed by atoms with Gasteiger partial charge in [-0.2, -0.15) is 10.2 Å². The highest BCUT2D eigenvalue weighted by Gasteiger charge is 2.16. The Balaban J connectivity index is 1.04. The van der Waals surface area contributed by atoms with Crippen LogP contribution >= 0.6 is 68.0 Å². The zero-order chi connectivity index (χ0) is 27.9. The van der Waals surface area contributed by atoms with Crippen molar-refractivity contribution in [2.45, 2.75) is 0 Å². The van der Waals surface area contributed by atoms with Crippen molar-refractivity contribution in [3.05, 3.63) is 96.0 Å². The van der Waals surface area contributed by atoms with E-state index in [1.54, 1.807) is 80.4 Å². The van der Waals surface area contributed by atoms with Crippen LogP contribution in [-0.4, -0.2) is 30.4 Å². The number of thiophene rings is 6. The molecule has 0 aliphatic heterocycles. The lowest BCUT2D eigenvalue weighted by atomic mass is 10.3. The number of nitrogens with zero attached hydrogens (tertiary/aromatic N) is 6. The molecular formula is C30H16N6S6. The van der Waals surface area contributed by atoms with Gasteiger partial charge in [0, 0.05) is 39.0 Å². The molecule has 0 atom stereocenters. The molecule has 0 fully saturated rings. The minimum Gasteiger partial charge on any atom is -0.221 e. The molecule has 0 bridgehead atoms. The summed E-state index contributed by atoms with van der Waals surface area (Å²) in [6.07, 6.45) is 3.36. The molecule has 0 amide bonds. The minimum atomic E-state index is 0.350. The third kappa shape index (κ3) is 5.06. The molecule has 42 heavy (non-hydrogen) atoms. The molecule has 6 nitrogen and oxygen atoms in total. The van der Waals surface area contributed by atoms with E-state index < -0.39 is 0 Å². The minimum absolute atomic E-state index is 0.350. The lowest BCUT2D eigenvalue weighted by molar-refractivity contribution is 0.919. The fourth-order valence-electron chi connectivity index (χ4n) is 4.29. The van der Waals surface area contributed by atoms with Crippen LogP contribution in [0.3, 0.4) is 0 Å². The fraction of sp³-hybridized carbons (Fsp3) is 0. The molecule has 8 aromatic rings. The van der Waals surface area contributed by atoms with Gasteiger partial charge in [0.25, 0.3) is 0 Å². The average molecular weight is 653 g/mol. The molecule has 8 rings (SSSR count). The van der Waals surface area contributed by atoms with Gasteiger partial charge < -0.3 is 0 Å². The molecule has 0 aromatic carbocycles. The zero-order valence-corrected chi connectivity index (χ0v) is 26.3. The van der Waals surface area contributed by atoms with Gasteiger partial charge in [0.2, 0.25) is 11.6 Å². The van der Waals surface area contributed by atoms with Gasteiger partial charge in [-0.3, -0.25) is 0 Å². The molecule has 0 unspecified atom stereocenters. The Bertz CT molecular complexity index is 1960. The van der Waals surface area contributed by atoms with E-state index in [9.17, 15) is 0 Å². The Morgan fingerprint density at radius 3 is 1.12 bits per heavy atom. The maximum atomic E-state index is 4.76. The summed E-state index contributed by atoms with van der Waals surface area (Å²) in [4.78, 5) is 21.5. The van der Waals surface area contributed by atoms with Crippen LogP contribution in [0.25, 0.3) is 71.8 Å². The second kappa shape index (κ2) is 11.1. The molecule has 8 heterocycles. The highest BCUT2D eigenvalue weighted by molar-refractivity contribution is 7.27. The number of hydrogen-bond acceptors (Lipinski definition) is 12. The second-order valence-electron chi connectivity index (χ2n) is 8.94. The molecule has 0 spiro atoms. The summed E-state index contributed by atoms with van der Waals surface area (Å²) in [5, 5.41) is 21.1. The summed E-state index contributed by atoms with van der Waals surface area (Å²) in [5.74, 6) is 0.701. The Labute approximate surface area is 264 Å². The summed E-state index contributed by atoms with van der Waals surface area (Å²) in [6.45, 7) is 0. The first-order valence-electron chi connectivity index (χ1n) is 12.7. The number of rotatable bonds is 7. The molecule has 0 radical (unpaired) electrons. The van der Waals surface area contributed by atoms with Crippen LogP contribution in [-0.2, 0) is 0 Å². The molecule has 202 valence electrons. The quantitative estimate of drug-likeness (QED) is 0.171. The van der Waals surface area contributed by atoms with Crippen LogP contribution in [0.1, 0.15) is 0 Å². The van der Waals surface area contributed by atoms with Crippen molar-refractivity contribution in [3.63, 3.8) is 0 Å². The Morgan fingerprint density at radius 1 is 0.381 bits per heavy atom. The zero-order valence-electron chi connectivity index (χ0n) is 21.4. The highest BCUT2D eigenvalue weighted by atomic mass is 32.1. The van der Waals surface area contributed by atoms with Gasteiger partial charge in [0.05, 0.1) is 22.1 Å². The van der Waals surface area contributed by atoms with E-state index in [1.165, 1.54) is 39.0 Å². The average Bonchev–Trinajstić information content (AvgIpc) is 3.86. The predicted molar refractivity (Wildman–Crippen MR) is 179 cm³/mol. The van der Waals surface area contributed by atoms with E-state index in [4.69, 9.17) is 9.97 Å². The van der Waals surface area contributed by atoms with Gasteiger partial charge in [0.1, 0.15) is 11.4 Å². The smallest absolute Gasteiger partial charge is 0.221 e. The largest absolute Gasteiger partial charge is 0.222 e. The Morgan fingerprint density at radius 2 is 0.738 bits per heavy atom. The van der Waals surface area contributed by atoms with Gasteiger partial charge >= 0.3 is 0 Å². The van der Waals surface area contributed by atoms with E-state index in [-0.39, 0.29) is 0 Å². The lowest BCUT2D eigenvalue weighted by Crippen LogP contribution is -2.00. The van der Waals surface area contributed by atoms with Crippen molar-refractivity contribution < 1.29 is 0 Å². The number of aromatic nitrogens is 6. The maximum Gasteiger partial charge on any atom is 0.222 e. The van der Waals surface area contributed by atoms with Crippen LogP contribution in [0.4, 0.5) is 0 Å². The molecular weight excluding hydrogens is 637 g/mol. The fourth-order valence-corrected chi connectivity index (χ4v) is 10.1. The van der Waals surface area contributed by atoms with Gasteiger partial charge in [0.15, 0.2) is 0 Å². The summed E-state index contributed by atoms with van der Waals surface area (Å²) in [6, 6.07) is 25.6. The topological polar surface area (TPSA) is 77.3 Å². The summed E-state index contributed by atoms with van der Waals surface area (Å²) in [7, 11) is 0. The van der Waals surface area contributed by atoms with Gasteiger partial charge in [-0.25, -0.2) is 9.97 Å². The normalized spacial score (nSPS) is 11.3. The van der Waals surface area contributed by atoms with Crippen LogP contribution in [0.5, 0.6) is 0 Å². The summed E-state index contributed by atoms with van der Waals surface area (Å²) in [5.41, 5.74) is 1.47. The van der Waals surface area contributed by atoms with Crippen molar-refractivity contribution in [2.24, 2.45) is 0 Å². The van der Waals surface area contributed by atoms with Crippen molar-refractivity contribution in [3.8, 4) is 71.8 Å². The molecule has 12 heteroatoms. The maximum absolute atomic E-state index is 4.76. The first kappa shape index (κ1) is 25.9. The first-order valence-corrected chi connectivity index (χ1v) is 17.7. The SMILES string of the molecule is c1csc(-c2ccc(-c3ccc(-c4cnnc(-c5nncc(-c6ccc(-c7ccc(-c8cccs8)s7)s6)n5)n4)s3)s2)c1. The van der Waals surface area contributed by atoms with Gasteiger partial charge in [-0.15, -0.1) is 78.2 Å².